The van der Waals surface area contributed by atoms with E-state index in [1.54, 1.807) is 12.4 Å². The number of hydrogen-bond acceptors (Lipinski definition) is 7. The Balaban J connectivity index is 1.24. The van der Waals surface area contributed by atoms with Crippen LogP contribution in [-0.2, 0) is 18.3 Å². The van der Waals surface area contributed by atoms with Gasteiger partial charge in [-0.25, -0.2) is 4.98 Å². The van der Waals surface area contributed by atoms with Crippen molar-refractivity contribution >= 4 is 45.6 Å². The fourth-order valence-electron chi connectivity index (χ4n) is 4.77. The van der Waals surface area contributed by atoms with Crippen molar-refractivity contribution in [3.05, 3.63) is 95.4 Å². The molecule has 1 aliphatic rings. The van der Waals surface area contributed by atoms with Gasteiger partial charge < -0.3 is 14.6 Å². The van der Waals surface area contributed by atoms with E-state index in [1.165, 1.54) is 17.3 Å². The third-order valence-corrected chi connectivity index (χ3v) is 8.54. The second kappa shape index (κ2) is 11.7. The van der Waals surface area contributed by atoms with Crippen LogP contribution in [0.5, 0.6) is 0 Å². The van der Waals surface area contributed by atoms with Crippen LogP contribution in [0.25, 0.3) is 22.0 Å². The van der Waals surface area contributed by atoms with Crippen LogP contribution in [0, 0.1) is 11.3 Å². The number of fused-ring (bicyclic) bond motifs is 1. The highest BCUT2D eigenvalue weighted by Crippen LogP contribution is 2.36. The number of benzene rings is 3. The van der Waals surface area contributed by atoms with E-state index >= 15 is 0 Å². The molecule has 200 valence electrons. The van der Waals surface area contributed by atoms with E-state index in [9.17, 15) is 5.26 Å². The van der Waals surface area contributed by atoms with Crippen LogP contribution >= 0.6 is 23.4 Å². The molecule has 40 heavy (non-hydrogen) atoms. The molecule has 7 nitrogen and oxygen atoms in total. The normalized spacial score (nSPS) is 13.8. The largest absolute Gasteiger partial charge is 0.379 e. The summed E-state index contributed by atoms with van der Waals surface area (Å²) in [4.78, 5) is 12.3. The molecule has 5 aromatic rings. The van der Waals surface area contributed by atoms with Gasteiger partial charge in [-0.15, -0.1) is 0 Å². The Morgan fingerprint density at radius 3 is 2.55 bits per heavy atom. The number of aromatic nitrogens is 3. The number of rotatable bonds is 7. The second-order valence-electron chi connectivity index (χ2n) is 9.67. The van der Waals surface area contributed by atoms with Crippen LogP contribution in [0.2, 0.25) is 5.02 Å². The number of nitrogens with one attached hydrogen (secondary N) is 1. The fraction of sp³-hybridized carbons (Fsp3) is 0.194. The third kappa shape index (κ3) is 5.69. The lowest BCUT2D eigenvalue weighted by Gasteiger charge is -2.26. The number of aryl methyl sites for hydroxylation is 1. The van der Waals surface area contributed by atoms with Crippen LogP contribution in [0.15, 0.2) is 89.3 Å². The Bertz CT molecular complexity index is 1710. The van der Waals surface area contributed by atoms with Crippen LogP contribution in [-0.4, -0.2) is 45.7 Å². The van der Waals surface area contributed by atoms with E-state index in [4.69, 9.17) is 16.3 Å². The molecule has 6 rings (SSSR count). The van der Waals surface area contributed by atoms with Crippen molar-refractivity contribution in [3.63, 3.8) is 0 Å². The minimum absolute atomic E-state index is 0.468. The molecule has 1 N–H and O–H groups in total. The number of morpholine rings is 1. The number of nitrogens with zero attached hydrogens (tertiary/aromatic N) is 5. The van der Waals surface area contributed by atoms with Gasteiger partial charge in [-0.3, -0.25) is 9.88 Å². The number of nitriles is 1. The van der Waals surface area contributed by atoms with E-state index in [0.717, 1.165) is 70.6 Å². The first kappa shape index (κ1) is 26.4. The summed E-state index contributed by atoms with van der Waals surface area (Å²) in [5.41, 5.74) is 6.27. The summed E-state index contributed by atoms with van der Waals surface area (Å²) in [5, 5.41) is 15.6. The lowest BCUT2D eigenvalue weighted by molar-refractivity contribution is 0.0342. The molecule has 0 aliphatic carbocycles. The molecule has 0 radical (unpaired) electrons. The van der Waals surface area contributed by atoms with E-state index in [0.29, 0.717) is 16.3 Å². The molecular formula is C31H27ClN6OS. The van der Waals surface area contributed by atoms with Crippen molar-refractivity contribution in [2.24, 2.45) is 7.05 Å². The van der Waals surface area contributed by atoms with Gasteiger partial charge in [0, 0.05) is 61.2 Å². The van der Waals surface area contributed by atoms with Crippen molar-refractivity contribution in [1.29, 1.82) is 5.26 Å². The van der Waals surface area contributed by atoms with E-state index in [2.05, 4.69) is 62.7 Å². The summed E-state index contributed by atoms with van der Waals surface area (Å²) in [6.07, 6.45) is 5.28. The molecule has 1 saturated heterocycles. The molecule has 3 aromatic carbocycles. The molecule has 3 heterocycles. The smallest absolute Gasteiger partial charge is 0.172 e. The molecule has 0 saturated carbocycles. The molecule has 0 amide bonds. The van der Waals surface area contributed by atoms with Crippen LogP contribution in [0.4, 0.5) is 11.4 Å². The van der Waals surface area contributed by atoms with Gasteiger partial charge in [0.2, 0.25) is 0 Å². The first-order valence-corrected chi connectivity index (χ1v) is 14.2. The summed E-state index contributed by atoms with van der Waals surface area (Å²) in [5.74, 6) is 0. The van der Waals surface area contributed by atoms with E-state index in [1.807, 2.05) is 42.1 Å². The van der Waals surface area contributed by atoms with Gasteiger partial charge in [0.25, 0.3) is 0 Å². The standard InChI is InChI=1S/C31H27ClN6OS/c1-37-11-10-34-31(37)40-29-9-7-25(17-27(29)32)36-30-24(18-33)19-35-28-16-23(6-8-26(28)30)22-4-2-21(3-5-22)20-38-12-14-39-15-13-38/h2-11,16-17,19H,12-15,20H2,1H3,(H,35,36). The maximum Gasteiger partial charge on any atom is 0.172 e. The zero-order valence-electron chi connectivity index (χ0n) is 22.0. The lowest BCUT2D eigenvalue weighted by Crippen LogP contribution is -2.35. The van der Waals surface area contributed by atoms with Gasteiger partial charge in [0.05, 0.1) is 35.0 Å². The minimum Gasteiger partial charge on any atom is -0.379 e. The minimum atomic E-state index is 0.468. The summed E-state index contributed by atoms with van der Waals surface area (Å²) < 4.78 is 7.40. The molecule has 9 heteroatoms. The van der Waals surface area contributed by atoms with E-state index < -0.39 is 0 Å². The van der Waals surface area contributed by atoms with Crippen molar-refractivity contribution in [2.45, 2.75) is 16.6 Å². The van der Waals surface area contributed by atoms with Gasteiger partial charge in [-0.1, -0.05) is 59.8 Å². The average Bonchev–Trinajstić information content (AvgIpc) is 3.39. The van der Waals surface area contributed by atoms with Crippen molar-refractivity contribution in [3.8, 4) is 17.2 Å². The first-order valence-electron chi connectivity index (χ1n) is 13.0. The number of halogens is 1. The highest BCUT2D eigenvalue weighted by Gasteiger charge is 2.14. The second-order valence-corrected chi connectivity index (χ2v) is 11.1. The highest BCUT2D eigenvalue weighted by atomic mass is 35.5. The Labute approximate surface area is 242 Å². The fourth-order valence-corrected chi connectivity index (χ4v) is 5.87. The number of hydrogen-bond donors (Lipinski definition) is 1. The number of anilines is 2. The zero-order chi connectivity index (χ0) is 27.5. The van der Waals surface area contributed by atoms with Crippen molar-refractivity contribution in [2.75, 3.05) is 31.6 Å². The Morgan fingerprint density at radius 2 is 1.82 bits per heavy atom. The van der Waals surface area contributed by atoms with Gasteiger partial charge in [0.1, 0.15) is 6.07 Å². The van der Waals surface area contributed by atoms with E-state index in [-0.39, 0.29) is 0 Å². The van der Waals surface area contributed by atoms with Crippen molar-refractivity contribution < 1.29 is 4.74 Å². The number of pyridine rings is 1. The SMILES string of the molecule is Cn1ccnc1Sc1ccc(Nc2c(C#N)cnc3cc(-c4ccc(CN5CCOCC5)cc4)ccc23)cc1Cl. The maximum atomic E-state index is 9.82. The molecule has 2 aromatic heterocycles. The first-order chi connectivity index (χ1) is 19.6. The maximum absolute atomic E-state index is 9.82. The zero-order valence-corrected chi connectivity index (χ0v) is 23.5. The summed E-state index contributed by atoms with van der Waals surface area (Å²) in [7, 11) is 1.95. The summed E-state index contributed by atoms with van der Waals surface area (Å²) in [6, 6.07) is 22.9. The number of imidazole rings is 1. The Kier molecular flexibility index (Phi) is 7.71. The van der Waals surface area contributed by atoms with Crippen LogP contribution in [0.3, 0.4) is 0 Å². The van der Waals surface area contributed by atoms with Gasteiger partial charge in [0.15, 0.2) is 5.16 Å². The molecule has 0 bridgehead atoms. The molecule has 1 aliphatic heterocycles. The number of ether oxygens (including phenoxy) is 1. The molecule has 1 fully saturated rings. The monoisotopic (exact) mass is 566 g/mol. The van der Waals surface area contributed by atoms with Gasteiger partial charge in [-0.05, 0) is 41.0 Å². The quantitative estimate of drug-likeness (QED) is 0.230. The predicted octanol–water partition coefficient (Wildman–Crippen LogP) is 6.89. The Morgan fingerprint density at radius 1 is 1.02 bits per heavy atom. The van der Waals surface area contributed by atoms with Gasteiger partial charge >= 0.3 is 0 Å². The molecular weight excluding hydrogens is 540 g/mol. The van der Waals surface area contributed by atoms with Crippen molar-refractivity contribution in [1.82, 2.24) is 19.4 Å². The topological polar surface area (TPSA) is 79.0 Å². The average molecular weight is 567 g/mol. The molecule has 0 spiro atoms. The summed E-state index contributed by atoms with van der Waals surface area (Å²) >= 11 is 8.13. The van der Waals surface area contributed by atoms with Crippen LogP contribution in [0.1, 0.15) is 11.1 Å². The molecule has 0 atom stereocenters. The van der Waals surface area contributed by atoms with Crippen LogP contribution < -0.4 is 5.32 Å². The third-order valence-electron chi connectivity index (χ3n) is 6.97. The molecule has 0 unspecified atom stereocenters. The predicted molar refractivity (Wildman–Crippen MR) is 160 cm³/mol. The summed E-state index contributed by atoms with van der Waals surface area (Å²) in [6.45, 7) is 4.48. The Hall–Kier alpha value is -3.87. The lowest BCUT2D eigenvalue weighted by atomic mass is 10.0. The highest BCUT2D eigenvalue weighted by molar-refractivity contribution is 7.99. The van der Waals surface area contributed by atoms with Gasteiger partial charge in [-0.2, -0.15) is 5.26 Å².